The van der Waals surface area contributed by atoms with Gasteiger partial charge in [-0.1, -0.05) is 406 Å². The van der Waals surface area contributed by atoms with Gasteiger partial charge in [-0.2, -0.15) is 17.5 Å². The molecule has 6 aromatic rings. The van der Waals surface area contributed by atoms with Crippen molar-refractivity contribution in [2.75, 3.05) is 0 Å². The first-order valence-electron chi connectivity index (χ1n) is 45.5. The van der Waals surface area contributed by atoms with Crippen LogP contribution >= 0.6 is 46.6 Å². The molecule has 0 radical (unpaired) electrons. The maximum absolute atomic E-state index is 5.59. The molecule has 0 N–H and O–H groups in total. The molecule has 0 fully saturated rings. The monoisotopic (exact) mass is 1490 g/mol. The zero-order chi connectivity index (χ0) is 72.5. The molecule has 0 bridgehead atoms. The van der Waals surface area contributed by atoms with Crippen molar-refractivity contribution >= 4 is 73.5 Å². The second-order valence-electron chi connectivity index (χ2n) is 34.5. The highest BCUT2D eigenvalue weighted by Gasteiger charge is 2.51. The van der Waals surface area contributed by atoms with Gasteiger partial charge in [-0.25, -0.2) is 0 Å². The molecule has 8 heteroatoms. The van der Waals surface area contributed by atoms with Crippen LogP contribution < -0.4 is 0 Å². The van der Waals surface area contributed by atoms with Crippen molar-refractivity contribution in [3.63, 3.8) is 0 Å². The van der Waals surface area contributed by atoms with E-state index in [-0.39, 0.29) is 10.8 Å². The fraction of sp³-hybridized carbons (Fsp3) is 0.750. The number of allylic oxidation sites excluding steroid dienone is 1. The quantitative estimate of drug-likeness (QED) is 0.0356. The van der Waals surface area contributed by atoms with Crippen molar-refractivity contribution in [2.24, 2.45) is 5.92 Å². The molecule has 1 aliphatic heterocycles. The van der Waals surface area contributed by atoms with Gasteiger partial charge in [0.2, 0.25) is 0 Å². The maximum atomic E-state index is 5.59. The number of thioether (sulfide) groups is 1. The van der Waals surface area contributed by atoms with E-state index >= 15 is 0 Å². The van der Waals surface area contributed by atoms with Crippen molar-refractivity contribution in [1.29, 1.82) is 0 Å². The molecule has 3 aromatic heterocycles. The van der Waals surface area contributed by atoms with Crippen LogP contribution in [0.25, 0.3) is 49.2 Å². The van der Waals surface area contributed by atoms with Crippen molar-refractivity contribution in [3.8, 4) is 22.3 Å². The van der Waals surface area contributed by atoms with E-state index in [9.17, 15) is 0 Å². The summed E-state index contributed by atoms with van der Waals surface area (Å²) in [5.74, 6) is 1.06. The summed E-state index contributed by atoms with van der Waals surface area (Å²) >= 11 is 7.17. The normalized spacial score (nSPS) is 16.7. The molecule has 3 aromatic carbocycles. The molecule has 104 heavy (non-hydrogen) atoms. The average molecular weight is 1490 g/mol. The Morgan fingerprint density at radius 3 is 0.952 bits per heavy atom. The minimum absolute atomic E-state index is 0.0800. The Balaban J connectivity index is 0.972. The first-order valence-corrected chi connectivity index (χ1v) is 48.7. The van der Waals surface area contributed by atoms with Gasteiger partial charge in [0, 0.05) is 48.1 Å². The van der Waals surface area contributed by atoms with Crippen molar-refractivity contribution < 1.29 is 0 Å². The number of thiophene rings is 1. The fourth-order valence-electron chi connectivity index (χ4n) is 20.1. The lowest BCUT2D eigenvalue weighted by Crippen LogP contribution is -2.27. The van der Waals surface area contributed by atoms with Crippen LogP contribution in [0, 0.1) is 19.8 Å². The van der Waals surface area contributed by atoms with Crippen LogP contribution in [0.4, 0.5) is 0 Å². The molecule has 4 aliphatic rings. The maximum Gasteiger partial charge on any atom is 0.113 e. The van der Waals surface area contributed by atoms with E-state index in [0.717, 1.165) is 11.0 Å². The summed E-state index contributed by atoms with van der Waals surface area (Å²) in [5, 5.41) is 0.493. The number of hydrogen-bond acceptors (Lipinski definition) is 8. The highest BCUT2D eigenvalue weighted by molar-refractivity contribution is 8.09. The van der Waals surface area contributed by atoms with Crippen LogP contribution in [-0.2, 0) is 10.8 Å². The van der Waals surface area contributed by atoms with E-state index in [1.807, 2.05) is 0 Å². The zero-order valence-electron chi connectivity index (χ0n) is 68.0. The highest BCUT2D eigenvalue weighted by atomic mass is 32.2. The molecule has 4 heterocycles. The minimum Gasteiger partial charge on any atom is -0.173 e. The molecule has 0 amide bonds. The van der Waals surface area contributed by atoms with E-state index < -0.39 is 0 Å². The Bertz CT molecular complexity index is 3370. The Labute approximate surface area is 655 Å². The minimum atomic E-state index is -0.121. The summed E-state index contributed by atoms with van der Waals surface area (Å²) in [5.41, 5.74) is 21.1. The number of aryl methyl sites for hydroxylation is 2. The number of aromatic nitrogens is 4. The van der Waals surface area contributed by atoms with Gasteiger partial charge in [0.1, 0.15) is 22.1 Å². The fourth-order valence-corrected chi connectivity index (χ4v) is 24.2. The molecule has 3 unspecified atom stereocenters. The summed E-state index contributed by atoms with van der Waals surface area (Å²) < 4.78 is 21.6. The molecule has 3 atom stereocenters. The number of rotatable bonds is 61. The summed E-state index contributed by atoms with van der Waals surface area (Å²) in [6.45, 7) is 16.6. The van der Waals surface area contributed by atoms with Crippen LogP contribution in [0.5, 0.6) is 0 Å². The van der Waals surface area contributed by atoms with Gasteiger partial charge in [0.05, 0.1) is 28.7 Å². The smallest absolute Gasteiger partial charge is 0.113 e. The average Bonchev–Trinajstić information content (AvgIpc) is 1.51. The number of unbranched alkanes of at least 4 members (excludes halogenated alkanes) is 52. The Kier molecular flexibility index (Phi) is 37.0. The Hall–Kier alpha value is -2.91. The van der Waals surface area contributed by atoms with Gasteiger partial charge in [0.25, 0.3) is 0 Å². The van der Waals surface area contributed by atoms with Crippen molar-refractivity contribution in [2.45, 2.75) is 456 Å². The van der Waals surface area contributed by atoms with Crippen LogP contribution in [0.3, 0.4) is 0 Å². The summed E-state index contributed by atoms with van der Waals surface area (Å²) in [4.78, 5) is 4.56. The van der Waals surface area contributed by atoms with Gasteiger partial charge in [0.15, 0.2) is 0 Å². The SMILES string of the molecule is CCCCCCCCCCCCCCCCC1(CCCCCCCCCCCCCCCC)c2cc3c(cc2-c2c1cc(C)c1nsnc21)C(CCCCCCCCCCCCCCCC)(CCCCCCCCCCCCCCCC)c1cc(C2=CC4C(C)c5cc(C)sc5C4S2)c2nsnc2c1-3. The van der Waals surface area contributed by atoms with E-state index in [2.05, 4.69) is 108 Å². The number of nitrogens with zero attached hydrogens (tertiary/aromatic N) is 4. The van der Waals surface area contributed by atoms with Gasteiger partial charge in [-0.15, -0.1) is 23.1 Å². The first-order chi connectivity index (χ1) is 51.3. The topological polar surface area (TPSA) is 51.6 Å². The first kappa shape index (κ1) is 83.6. The van der Waals surface area contributed by atoms with E-state index in [0.29, 0.717) is 17.1 Å². The molecule has 0 saturated heterocycles. The highest BCUT2D eigenvalue weighted by Crippen LogP contribution is 2.66. The second-order valence-corrected chi connectivity index (χ2v) is 38.0. The van der Waals surface area contributed by atoms with Gasteiger partial charge >= 0.3 is 0 Å². The lowest BCUT2D eigenvalue weighted by Gasteiger charge is -2.35. The molecule has 0 saturated carbocycles. The standard InChI is InChI=1S/C96H150N4S4/c1-8-12-16-20-24-28-32-36-40-44-48-52-56-60-64-95(65-61-57-53-49-45-41-37-33-29-25-21-17-13-9-2)82-71-80-83(70-79(82)87-84(95)68-74(5)89-91(87)99-103-97-89)96(66-62-58-54-50-46-42-38-34-30-26-22-18-14-10-3,67-63-59-55-51-47-43-39-35-31-27-23-19-15-11-4)85-72-81(90-92(88(80)85)100-104-98-90)86-73-78-76(7)77-69-75(6)101-93(77)94(78)102-86/h68-73,76,78,94H,8-67H2,1-7H3. The molecular formula is C96H150N4S4. The molecular weight excluding hydrogens is 1340 g/mol. The molecule has 0 spiro atoms. The third kappa shape index (κ3) is 22.7. The number of fused-ring (bicyclic) bond motifs is 13. The van der Waals surface area contributed by atoms with Crippen LogP contribution in [0.1, 0.15) is 480 Å². The number of benzene rings is 3. The summed E-state index contributed by atoms with van der Waals surface area (Å²) in [6.07, 6.45) is 85.6. The molecule has 3 aliphatic carbocycles. The summed E-state index contributed by atoms with van der Waals surface area (Å²) in [6, 6.07) is 13.7. The van der Waals surface area contributed by atoms with Crippen molar-refractivity contribution in [1.82, 2.24) is 17.5 Å². The lowest BCUT2D eigenvalue weighted by molar-refractivity contribution is 0.393. The van der Waals surface area contributed by atoms with E-state index in [4.69, 9.17) is 17.5 Å². The largest absolute Gasteiger partial charge is 0.173 e. The van der Waals surface area contributed by atoms with E-state index in [1.165, 1.54) is 463 Å². The molecule has 578 valence electrons. The van der Waals surface area contributed by atoms with Crippen LogP contribution in [0.2, 0.25) is 0 Å². The zero-order valence-corrected chi connectivity index (χ0v) is 71.3. The van der Waals surface area contributed by atoms with Gasteiger partial charge < -0.3 is 0 Å². The Morgan fingerprint density at radius 2 is 0.606 bits per heavy atom. The lowest BCUT2D eigenvalue weighted by atomic mass is 9.68. The number of hydrogen-bond donors (Lipinski definition) is 0. The second kappa shape index (κ2) is 46.0. The molecule has 4 nitrogen and oxygen atoms in total. The van der Waals surface area contributed by atoms with E-state index in [1.54, 1.807) is 32.7 Å². The predicted molar refractivity (Wildman–Crippen MR) is 465 cm³/mol. The van der Waals surface area contributed by atoms with Gasteiger partial charge in [-0.3, -0.25) is 0 Å². The molecule has 10 rings (SSSR count). The summed E-state index contributed by atoms with van der Waals surface area (Å²) in [7, 11) is 0. The van der Waals surface area contributed by atoms with Crippen LogP contribution in [-0.4, -0.2) is 17.5 Å². The van der Waals surface area contributed by atoms with Crippen LogP contribution in [0.15, 0.2) is 36.4 Å². The van der Waals surface area contributed by atoms with Crippen molar-refractivity contribution in [3.05, 3.63) is 85.1 Å². The van der Waals surface area contributed by atoms with Gasteiger partial charge in [-0.05, 0) is 114 Å². The Morgan fingerprint density at radius 1 is 0.317 bits per heavy atom. The third-order valence-corrected chi connectivity index (χ3v) is 30.1. The predicted octanol–water partition coefficient (Wildman–Crippen LogP) is 34.0. The third-order valence-electron chi connectivity index (χ3n) is 26.3.